The van der Waals surface area contributed by atoms with Gasteiger partial charge in [-0.1, -0.05) is 50.2 Å². The number of nitrogens with two attached hydrogens (primary N) is 1. The molecule has 2 heteroatoms. The maximum atomic E-state index is 6.04. The average Bonchev–Trinajstić information content (AvgIpc) is 2.46. The van der Waals surface area contributed by atoms with Crippen LogP contribution in [-0.2, 0) is 0 Å². The fraction of sp³-hybridized carbons (Fsp3) is 0.333. The summed E-state index contributed by atoms with van der Waals surface area (Å²) in [4.78, 5) is 0. The normalized spacial score (nSPS) is 12.4. The molecule has 0 radical (unpaired) electrons. The second-order valence-electron chi connectivity index (χ2n) is 5.42. The molecular weight excluding hydrogens is 246 g/mol. The Morgan fingerprint density at radius 3 is 2.20 bits per heavy atom. The third-order valence-electron chi connectivity index (χ3n) is 3.57. The molecule has 1 atom stereocenters. The standard InChI is InChI=1S/C18H23NO/c1-13(2)15-8-10-16(11-9-15)20-18(12-19)17-7-5-4-6-14(17)3/h4-11,13,18H,12,19H2,1-3H3. The Kier molecular flexibility index (Phi) is 4.80. The highest BCUT2D eigenvalue weighted by Gasteiger charge is 2.13. The minimum atomic E-state index is -0.0962. The Bertz CT molecular complexity index is 546. The summed E-state index contributed by atoms with van der Waals surface area (Å²) in [6.07, 6.45) is -0.0962. The van der Waals surface area contributed by atoms with E-state index >= 15 is 0 Å². The van der Waals surface area contributed by atoms with Gasteiger partial charge in [0.2, 0.25) is 0 Å². The zero-order chi connectivity index (χ0) is 14.5. The smallest absolute Gasteiger partial charge is 0.136 e. The van der Waals surface area contributed by atoms with E-state index in [9.17, 15) is 0 Å². The molecule has 20 heavy (non-hydrogen) atoms. The van der Waals surface area contributed by atoms with Crippen LogP contribution in [0.25, 0.3) is 0 Å². The van der Waals surface area contributed by atoms with Gasteiger partial charge in [-0.2, -0.15) is 0 Å². The minimum absolute atomic E-state index is 0.0962. The van der Waals surface area contributed by atoms with E-state index in [0.29, 0.717) is 12.5 Å². The van der Waals surface area contributed by atoms with Crippen LogP contribution in [-0.4, -0.2) is 6.54 Å². The van der Waals surface area contributed by atoms with Crippen LogP contribution in [0.5, 0.6) is 5.75 Å². The van der Waals surface area contributed by atoms with Gasteiger partial charge in [0.05, 0.1) is 0 Å². The van der Waals surface area contributed by atoms with E-state index in [1.54, 1.807) is 0 Å². The van der Waals surface area contributed by atoms with Crippen LogP contribution >= 0.6 is 0 Å². The maximum Gasteiger partial charge on any atom is 0.136 e. The van der Waals surface area contributed by atoms with Crippen molar-refractivity contribution in [2.45, 2.75) is 32.8 Å². The predicted molar refractivity (Wildman–Crippen MR) is 84.1 cm³/mol. The Balaban J connectivity index is 2.16. The van der Waals surface area contributed by atoms with Gasteiger partial charge in [-0.05, 0) is 41.7 Å². The summed E-state index contributed by atoms with van der Waals surface area (Å²) in [5.41, 5.74) is 9.56. The molecule has 0 aliphatic heterocycles. The van der Waals surface area contributed by atoms with E-state index in [2.05, 4.69) is 45.0 Å². The van der Waals surface area contributed by atoms with E-state index in [1.165, 1.54) is 11.1 Å². The molecular formula is C18H23NO. The highest BCUT2D eigenvalue weighted by Crippen LogP contribution is 2.25. The fourth-order valence-electron chi connectivity index (χ4n) is 2.28. The number of aryl methyl sites for hydroxylation is 1. The molecule has 0 aliphatic rings. The maximum absolute atomic E-state index is 6.04. The minimum Gasteiger partial charge on any atom is -0.484 e. The van der Waals surface area contributed by atoms with Gasteiger partial charge in [-0.3, -0.25) is 0 Å². The number of rotatable bonds is 5. The predicted octanol–water partition coefficient (Wildman–Crippen LogP) is 4.20. The molecule has 0 spiro atoms. The second-order valence-corrected chi connectivity index (χ2v) is 5.42. The third-order valence-corrected chi connectivity index (χ3v) is 3.57. The molecule has 0 aromatic heterocycles. The lowest BCUT2D eigenvalue weighted by molar-refractivity contribution is 0.213. The van der Waals surface area contributed by atoms with E-state index in [-0.39, 0.29) is 6.10 Å². The molecule has 2 rings (SSSR count). The van der Waals surface area contributed by atoms with Gasteiger partial charge >= 0.3 is 0 Å². The SMILES string of the molecule is Cc1ccccc1C(CN)Oc1ccc(C(C)C)cc1. The summed E-state index contributed by atoms with van der Waals surface area (Å²) in [5.74, 6) is 1.40. The van der Waals surface area contributed by atoms with Crippen LogP contribution < -0.4 is 10.5 Å². The lowest BCUT2D eigenvalue weighted by Crippen LogP contribution is -2.19. The largest absolute Gasteiger partial charge is 0.484 e. The quantitative estimate of drug-likeness (QED) is 0.883. The van der Waals surface area contributed by atoms with Crippen molar-refractivity contribution in [1.82, 2.24) is 0 Å². The van der Waals surface area contributed by atoms with Crippen molar-refractivity contribution in [3.05, 3.63) is 65.2 Å². The van der Waals surface area contributed by atoms with Crippen molar-refractivity contribution in [3.63, 3.8) is 0 Å². The molecule has 106 valence electrons. The van der Waals surface area contributed by atoms with Gasteiger partial charge in [0.15, 0.2) is 0 Å². The van der Waals surface area contributed by atoms with Crippen molar-refractivity contribution in [1.29, 1.82) is 0 Å². The van der Waals surface area contributed by atoms with Gasteiger partial charge < -0.3 is 10.5 Å². The molecule has 2 N–H and O–H groups in total. The van der Waals surface area contributed by atoms with E-state index < -0.39 is 0 Å². The highest BCUT2D eigenvalue weighted by atomic mass is 16.5. The van der Waals surface area contributed by atoms with Crippen LogP contribution in [0, 0.1) is 6.92 Å². The first-order valence-electron chi connectivity index (χ1n) is 7.14. The van der Waals surface area contributed by atoms with Crippen LogP contribution in [0.4, 0.5) is 0 Å². The Morgan fingerprint density at radius 2 is 1.65 bits per heavy atom. The molecule has 0 bridgehead atoms. The van der Waals surface area contributed by atoms with Crippen molar-refractivity contribution in [2.75, 3.05) is 6.54 Å². The average molecular weight is 269 g/mol. The molecule has 1 unspecified atom stereocenters. The van der Waals surface area contributed by atoms with E-state index in [1.807, 2.05) is 24.3 Å². The summed E-state index contributed by atoms with van der Waals surface area (Å²) in [6.45, 7) is 6.93. The Labute approximate surface area is 121 Å². The first-order chi connectivity index (χ1) is 9.61. The lowest BCUT2D eigenvalue weighted by atomic mass is 10.0. The van der Waals surface area contributed by atoms with Crippen LogP contribution in [0.1, 0.15) is 42.6 Å². The van der Waals surface area contributed by atoms with Gasteiger partial charge in [-0.15, -0.1) is 0 Å². The molecule has 2 aromatic carbocycles. The van der Waals surface area contributed by atoms with Crippen LogP contribution in [0.15, 0.2) is 48.5 Å². The second kappa shape index (κ2) is 6.58. The number of hydrogen-bond donors (Lipinski definition) is 1. The van der Waals surface area contributed by atoms with Gasteiger partial charge in [0.1, 0.15) is 11.9 Å². The number of ether oxygens (including phenoxy) is 1. The van der Waals surface area contributed by atoms with Crippen molar-refractivity contribution < 1.29 is 4.74 Å². The summed E-state index contributed by atoms with van der Waals surface area (Å²) >= 11 is 0. The highest BCUT2D eigenvalue weighted by molar-refractivity contribution is 5.32. The summed E-state index contributed by atoms with van der Waals surface area (Å²) in [7, 11) is 0. The van der Waals surface area contributed by atoms with Crippen molar-refractivity contribution in [2.24, 2.45) is 5.73 Å². The number of benzene rings is 2. The molecule has 2 aromatic rings. The van der Waals surface area contributed by atoms with Crippen molar-refractivity contribution in [3.8, 4) is 5.75 Å². The molecule has 0 saturated carbocycles. The molecule has 0 aliphatic carbocycles. The molecule has 0 heterocycles. The van der Waals surface area contributed by atoms with Crippen molar-refractivity contribution >= 4 is 0 Å². The van der Waals surface area contributed by atoms with Crippen LogP contribution in [0.2, 0.25) is 0 Å². The number of hydrogen-bond acceptors (Lipinski definition) is 2. The van der Waals surface area contributed by atoms with Gasteiger partial charge in [0, 0.05) is 6.54 Å². The van der Waals surface area contributed by atoms with Crippen LogP contribution in [0.3, 0.4) is 0 Å². The molecule has 0 amide bonds. The summed E-state index contributed by atoms with van der Waals surface area (Å²) < 4.78 is 6.04. The lowest BCUT2D eigenvalue weighted by Gasteiger charge is -2.20. The zero-order valence-corrected chi connectivity index (χ0v) is 12.5. The fourth-order valence-corrected chi connectivity index (χ4v) is 2.28. The zero-order valence-electron chi connectivity index (χ0n) is 12.5. The first kappa shape index (κ1) is 14.6. The monoisotopic (exact) mass is 269 g/mol. The first-order valence-corrected chi connectivity index (χ1v) is 7.14. The van der Waals surface area contributed by atoms with E-state index in [4.69, 9.17) is 10.5 Å². The summed E-state index contributed by atoms with van der Waals surface area (Å²) in [6, 6.07) is 16.5. The third kappa shape index (κ3) is 3.40. The summed E-state index contributed by atoms with van der Waals surface area (Å²) in [5, 5.41) is 0. The molecule has 2 nitrogen and oxygen atoms in total. The van der Waals surface area contributed by atoms with Gasteiger partial charge in [-0.25, -0.2) is 0 Å². The topological polar surface area (TPSA) is 35.2 Å². The Hall–Kier alpha value is -1.80. The van der Waals surface area contributed by atoms with Gasteiger partial charge in [0.25, 0.3) is 0 Å². The molecule has 0 saturated heterocycles. The molecule has 0 fully saturated rings. The van der Waals surface area contributed by atoms with E-state index in [0.717, 1.165) is 11.3 Å². The Morgan fingerprint density at radius 1 is 1.00 bits per heavy atom.